The van der Waals surface area contributed by atoms with Crippen LogP contribution in [0.4, 0.5) is 0 Å². The first-order chi connectivity index (χ1) is 29.1. The molecule has 0 fully saturated rings. The van der Waals surface area contributed by atoms with Gasteiger partial charge in [0.15, 0.2) is 35.4 Å². The first kappa shape index (κ1) is 38.8. The molecule has 59 heavy (non-hydrogen) atoms. The van der Waals surface area contributed by atoms with Gasteiger partial charge < -0.3 is 33.5 Å². The van der Waals surface area contributed by atoms with Gasteiger partial charge in [0.25, 0.3) is 0 Å². The van der Waals surface area contributed by atoms with Gasteiger partial charge in [-0.25, -0.2) is 0 Å². The first-order valence-corrected chi connectivity index (χ1v) is 19.6. The van der Waals surface area contributed by atoms with E-state index in [4.69, 9.17) is 28.4 Å². The fraction of sp³-hybridized carbons (Fsp3) is 0.157. The van der Waals surface area contributed by atoms with E-state index < -0.39 is 12.2 Å². The third-order valence-corrected chi connectivity index (χ3v) is 10.1. The molecule has 1 heterocycles. The van der Waals surface area contributed by atoms with Crippen molar-refractivity contribution in [1.29, 1.82) is 0 Å². The summed E-state index contributed by atoms with van der Waals surface area (Å²) < 4.78 is 39.1. The number of phenols is 1. The molecule has 0 saturated carbocycles. The van der Waals surface area contributed by atoms with Crippen molar-refractivity contribution in [3.05, 3.63) is 214 Å². The molecule has 0 aromatic heterocycles. The maximum Gasteiger partial charge on any atom is 0.202 e. The molecule has 1 aliphatic rings. The summed E-state index contributed by atoms with van der Waals surface area (Å²) >= 11 is 0. The van der Waals surface area contributed by atoms with Gasteiger partial charge in [-0.05, 0) is 45.5 Å². The van der Waals surface area contributed by atoms with E-state index in [1.807, 2.05) is 170 Å². The highest BCUT2D eigenvalue weighted by Gasteiger charge is 2.39. The highest BCUT2D eigenvalue weighted by Crippen LogP contribution is 2.53. The van der Waals surface area contributed by atoms with Crippen LogP contribution < -0.4 is 23.7 Å². The normalized spacial score (nSPS) is 14.4. The zero-order chi connectivity index (χ0) is 40.2. The van der Waals surface area contributed by atoms with Crippen LogP contribution in [-0.4, -0.2) is 17.5 Å². The molecule has 7 aromatic carbocycles. The van der Waals surface area contributed by atoms with Gasteiger partial charge in [0.1, 0.15) is 43.8 Å². The molecule has 8 heteroatoms. The van der Waals surface area contributed by atoms with E-state index in [0.717, 1.165) is 33.4 Å². The minimum absolute atomic E-state index is 0.0235. The Morgan fingerprint density at radius 2 is 0.966 bits per heavy atom. The van der Waals surface area contributed by atoms with Crippen molar-refractivity contribution in [1.82, 2.24) is 0 Å². The lowest BCUT2D eigenvalue weighted by atomic mass is 9.91. The van der Waals surface area contributed by atoms with E-state index in [9.17, 15) is 9.90 Å². The molecule has 0 bridgehead atoms. The number of aromatic hydroxyl groups is 1. The highest BCUT2D eigenvalue weighted by atomic mass is 16.6. The van der Waals surface area contributed by atoms with Crippen LogP contribution in [0, 0.1) is 0 Å². The quantitative estimate of drug-likeness (QED) is 0.0913. The van der Waals surface area contributed by atoms with Gasteiger partial charge in [0, 0.05) is 12.0 Å². The van der Waals surface area contributed by atoms with Gasteiger partial charge in [-0.15, -0.1) is 0 Å². The smallest absolute Gasteiger partial charge is 0.202 e. The average Bonchev–Trinajstić information content (AvgIpc) is 3.30. The van der Waals surface area contributed by atoms with Gasteiger partial charge in [-0.2, -0.15) is 0 Å². The largest absolute Gasteiger partial charge is 0.502 e. The molecule has 8 rings (SSSR count). The number of rotatable bonds is 17. The van der Waals surface area contributed by atoms with E-state index >= 15 is 0 Å². The third-order valence-electron chi connectivity index (χ3n) is 10.1. The average molecular weight is 785 g/mol. The number of carbonyl (C=O) groups is 1. The van der Waals surface area contributed by atoms with Crippen molar-refractivity contribution in [2.75, 3.05) is 0 Å². The van der Waals surface area contributed by atoms with Gasteiger partial charge >= 0.3 is 0 Å². The Hall–Kier alpha value is -7.03. The minimum Gasteiger partial charge on any atom is -0.502 e. The van der Waals surface area contributed by atoms with E-state index in [2.05, 4.69) is 0 Å². The summed E-state index contributed by atoms with van der Waals surface area (Å²) in [5, 5.41) is 11.9. The van der Waals surface area contributed by atoms with Crippen LogP contribution in [0.25, 0.3) is 0 Å². The van der Waals surface area contributed by atoms with E-state index in [0.29, 0.717) is 43.2 Å². The van der Waals surface area contributed by atoms with Crippen molar-refractivity contribution < 1.29 is 38.3 Å². The third kappa shape index (κ3) is 9.58. The summed E-state index contributed by atoms with van der Waals surface area (Å²) in [6, 6.07) is 54.7. The van der Waals surface area contributed by atoms with Gasteiger partial charge in [0.05, 0.1) is 6.61 Å². The van der Waals surface area contributed by atoms with Crippen LogP contribution in [0.3, 0.4) is 0 Å². The van der Waals surface area contributed by atoms with Crippen molar-refractivity contribution in [2.45, 2.75) is 51.7 Å². The Bertz CT molecular complexity index is 2420. The predicted octanol–water partition coefficient (Wildman–Crippen LogP) is 10.8. The molecular weight excluding hydrogens is 741 g/mol. The van der Waals surface area contributed by atoms with Crippen LogP contribution in [0.5, 0.6) is 34.5 Å². The second-order valence-electron chi connectivity index (χ2n) is 14.2. The fourth-order valence-corrected chi connectivity index (χ4v) is 7.05. The number of hydrogen-bond acceptors (Lipinski definition) is 8. The van der Waals surface area contributed by atoms with Crippen molar-refractivity contribution >= 4 is 6.29 Å². The number of phenolic OH excluding ortho intramolecular Hbond substituents is 1. The van der Waals surface area contributed by atoms with E-state index in [1.54, 1.807) is 0 Å². The van der Waals surface area contributed by atoms with Crippen LogP contribution in [0.15, 0.2) is 170 Å². The van der Waals surface area contributed by atoms with Crippen LogP contribution in [-0.2, 0) is 44.2 Å². The molecule has 296 valence electrons. The zero-order valence-electron chi connectivity index (χ0n) is 32.4. The van der Waals surface area contributed by atoms with Crippen molar-refractivity contribution in [2.24, 2.45) is 0 Å². The number of benzene rings is 7. The monoisotopic (exact) mass is 784 g/mol. The van der Waals surface area contributed by atoms with E-state index in [-0.39, 0.29) is 48.2 Å². The summed E-state index contributed by atoms with van der Waals surface area (Å²) in [5.41, 5.74) is 6.09. The fourth-order valence-electron chi connectivity index (χ4n) is 7.05. The zero-order valence-corrected chi connectivity index (χ0v) is 32.4. The van der Waals surface area contributed by atoms with Gasteiger partial charge in [-0.1, -0.05) is 158 Å². The Morgan fingerprint density at radius 1 is 0.525 bits per heavy atom. The highest BCUT2D eigenvalue weighted by molar-refractivity contribution is 5.89. The molecule has 7 aromatic rings. The lowest BCUT2D eigenvalue weighted by Gasteiger charge is -2.36. The van der Waals surface area contributed by atoms with Crippen LogP contribution in [0.2, 0.25) is 0 Å². The molecule has 0 spiro atoms. The lowest BCUT2D eigenvalue weighted by Crippen LogP contribution is -2.34. The molecule has 0 aliphatic carbocycles. The first-order valence-electron chi connectivity index (χ1n) is 19.6. The minimum atomic E-state index is -0.722. The predicted molar refractivity (Wildman–Crippen MR) is 225 cm³/mol. The molecule has 8 nitrogen and oxygen atoms in total. The standard InChI is InChI=1S/C51H44O8/c52-30-43-49-42(50(57-34-39-22-12-4-13-23-39)47(53)51(43)58-35-40-24-14-5-15-25-40)29-46(56-33-38-20-10-3-11-21-38)48(59-49)41-26-27-44(54-31-36-16-6-1-7-17-36)45(28-41)55-32-37-18-8-2-9-19-37/h1-28,30,46,48,53H,29,31-35H2/t46-,48+/m0/s1. The summed E-state index contributed by atoms with van der Waals surface area (Å²) in [6.45, 7) is 1.21. The maximum atomic E-state index is 13.1. The van der Waals surface area contributed by atoms with Crippen molar-refractivity contribution in [3.63, 3.8) is 0 Å². The number of hydrogen-bond donors (Lipinski definition) is 1. The molecule has 0 saturated heterocycles. The molecule has 0 amide bonds. The molecule has 0 radical (unpaired) electrons. The maximum absolute atomic E-state index is 13.1. The second kappa shape index (κ2) is 18.9. The van der Waals surface area contributed by atoms with E-state index in [1.165, 1.54) is 0 Å². The summed E-state index contributed by atoms with van der Waals surface area (Å²) in [4.78, 5) is 13.1. The Labute approximate surface area is 344 Å². The summed E-state index contributed by atoms with van der Waals surface area (Å²) in [7, 11) is 0. The molecule has 0 unspecified atom stereocenters. The van der Waals surface area contributed by atoms with Crippen LogP contribution >= 0.6 is 0 Å². The Balaban J connectivity index is 1.20. The Kier molecular flexibility index (Phi) is 12.5. The number of ether oxygens (including phenoxy) is 6. The SMILES string of the molecule is O=Cc1c(OCc2ccccc2)c(O)c(OCc2ccccc2)c2c1O[C@H](c1ccc(OCc3ccccc3)c(OCc3ccccc3)c1)[C@@H](OCc1ccccc1)C2. The van der Waals surface area contributed by atoms with Crippen LogP contribution in [0.1, 0.15) is 55.4 Å². The number of fused-ring (bicyclic) bond motifs is 1. The second-order valence-corrected chi connectivity index (χ2v) is 14.2. The van der Waals surface area contributed by atoms with Gasteiger partial charge in [0.2, 0.25) is 5.75 Å². The lowest BCUT2D eigenvalue weighted by molar-refractivity contribution is -0.0471. The Morgan fingerprint density at radius 3 is 1.46 bits per heavy atom. The summed E-state index contributed by atoms with van der Waals surface area (Å²) in [5.74, 6) is 1.21. The number of aldehydes is 1. The molecular formula is C51H44O8. The number of carbonyl (C=O) groups excluding carboxylic acids is 1. The summed E-state index contributed by atoms with van der Waals surface area (Å²) in [6.07, 6.45) is -0.399. The molecule has 2 atom stereocenters. The molecule has 1 aliphatic heterocycles. The van der Waals surface area contributed by atoms with Crippen molar-refractivity contribution in [3.8, 4) is 34.5 Å². The van der Waals surface area contributed by atoms with Gasteiger partial charge in [-0.3, -0.25) is 4.79 Å². The molecule has 1 N–H and O–H groups in total. The topological polar surface area (TPSA) is 92.7 Å².